The number of guanidine groups is 1. The molecule has 0 spiro atoms. The highest BCUT2D eigenvalue weighted by Crippen LogP contribution is 2.16. The maximum atomic E-state index is 7.95. The highest BCUT2D eigenvalue weighted by molar-refractivity contribution is 5.74. The third-order valence-corrected chi connectivity index (χ3v) is 4.76. The Bertz CT molecular complexity index is 489. The molecule has 1 heterocycles. The normalized spacial score (nSPS) is 20.2. The molecule has 0 aliphatic carbocycles. The summed E-state index contributed by atoms with van der Waals surface area (Å²) in [6.07, 6.45) is 9.94. The van der Waals surface area contributed by atoms with Gasteiger partial charge in [0.15, 0.2) is 5.96 Å². The number of rotatable bonds is 4. The van der Waals surface area contributed by atoms with Crippen molar-refractivity contribution in [3.8, 4) is 5.75 Å². The van der Waals surface area contributed by atoms with E-state index in [9.17, 15) is 0 Å². The zero-order chi connectivity index (χ0) is 17.2. The minimum atomic E-state index is 0.141. The second-order valence-corrected chi connectivity index (χ2v) is 6.59. The Kier molecular flexibility index (Phi) is 7.89. The molecule has 1 saturated heterocycles. The Morgan fingerprint density at radius 2 is 1.75 bits per heavy atom. The summed E-state index contributed by atoms with van der Waals surface area (Å²) < 4.78 is 5.21. The summed E-state index contributed by atoms with van der Waals surface area (Å²) in [5.74, 6) is 1.06. The van der Waals surface area contributed by atoms with Crippen LogP contribution in [0.1, 0.15) is 56.9 Å². The highest BCUT2D eigenvalue weighted by Gasteiger charge is 2.19. The van der Waals surface area contributed by atoms with Crippen molar-refractivity contribution in [1.29, 1.82) is 5.41 Å². The van der Waals surface area contributed by atoms with Crippen molar-refractivity contribution in [2.75, 3.05) is 13.7 Å². The molecule has 1 aromatic carbocycles. The van der Waals surface area contributed by atoms with E-state index >= 15 is 0 Å². The molecule has 0 saturated carbocycles. The van der Waals surface area contributed by atoms with E-state index < -0.39 is 0 Å². The lowest BCUT2D eigenvalue weighted by atomic mass is 10.1. The Morgan fingerprint density at radius 1 is 1.12 bits per heavy atom. The zero-order valence-corrected chi connectivity index (χ0v) is 14.9. The fourth-order valence-electron chi connectivity index (χ4n) is 3.30. The van der Waals surface area contributed by atoms with Gasteiger partial charge in [0, 0.05) is 13.1 Å². The van der Waals surface area contributed by atoms with Gasteiger partial charge in [-0.15, -0.1) is 0 Å². The van der Waals surface area contributed by atoms with Gasteiger partial charge < -0.3 is 15.4 Å². The van der Waals surface area contributed by atoms with E-state index in [0.29, 0.717) is 0 Å². The maximum absolute atomic E-state index is 7.95. The van der Waals surface area contributed by atoms with Crippen LogP contribution in [0.5, 0.6) is 5.75 Å². The molecule has 0 amide bonds. The average molecular weight is 332 g/mol. The van der Waals surface area contributed by atoms with Crippen molar-refractivity contribution in [2.45, 2.75) is 64.1 Å². The zero-order valence-electron chi connectivity index (χ0n) is 14.9. The molecule has 1 aliphatic rings. The van der Waals surface area contributed by atoms with E-state index in [4.69, 9.17) is 15.9 Å². The molecule has 1 atom stereocenters. The van der Waals surface area contributed by atoms with E-state index in [1.807, 2.05) is 17.0 Å². The molecule has 0 aromatic heterocycles. The van der Waals surface area contributed by atoms with Crippen LogP contribution in [0.2, 0.25) is 0 Å². The lowest BCUT2D eigenvalue weighted by Gasteiger charge is -2.33. The molecule has 0 radical (unpaired) electrons. The molecule has 5 heteroatoms. The number of hydrogen-bond acceptors (Lipinski definition) is 3. The van der Waals surface area contributed by atoms with Crippen LogP contribution in [0.25, 0.3) is 0 Å². The summed E-state index contributed by atoms with van der Waals surface area (Å²) >= 11 is 0. The topological polar surface area (TPSA) is 74.4 Å². The third kappa shape index (κ3) is 6.04. The molecule has 2 rings (SSSR count). The Labute approximate surface area is 146 Å². The SMILES string of the molecule is COc1ccc(CNC2CCCCCCCCCN2C(=N)N)cc1. The van der Waals surface area contributed by atoms with Gasteiger partial charge in [-0.1, -0.05) is 50.7 Å². The van der Waals surface area contributed by atoms with Crippen LogP contribution >= 0.6 is 0 Å². The molecule has 24 heavy (non-hydrogen) atoms. The first-order valence-corrected chi connectivity index (χ1v) is 9.17. The minimum absolute atomic E-state index is 0.141. The smallest absolute Gasteiger partial charge is 0.189 e. The van der Waals surface area contributed by atoms with Gasteiger partial charge in [0.2, 0.25) is 0 Å². The van der Waals surface area contributed by atoms with Crippen LogP contribution in [0.15, 0.2) is 24.3 Å². The predicted molar refractivity (Wildman–Crippen MR) is 99.2 cm³/mol. The number of methoxy groups -OCH3 is 1. The summed E-state index contributed by atoms with van der Waals surface area (Å²) in [5.41, 5.74) is 7.08. The number of benzene rings is 1. The van der Waals surface area contributed by atoms with Gasteiger partial charge in [0.1, 0.15) is 5.75 Å². The molecule has 1 fully saturated rings. The average Bonchev–Trinajstić information content (AvgIpc) is 2.65. The summed E-state index contributed by atoms with van der Waals surface area (Å²) in [5, 5.41) is 11.6. The molecule has 5 nitrogen and oxygen atoms in total. The lowest BCUT2D eigenvalue weighted by Crippen LogP contribution is -2.51. The van der Waals surface area contributed by atoms with Crippen LogP contribution in [0.4, 0.5) is 0 Å². The molecule has 1 unspecified atom stereocenters. The number of hydrogen-bond donors (Lipinski definition) is 3. The van der Waals surface area contributed by atoms with Crippen molar-refractivity contribution in [2.24, 2.45) is 5.73 Å². The Balaban J connectivity index is 1.97. The molecular weight excluding hydrogens is 300 g/mol. The van der Waals surface area contributed by atoms with Crippen LogP contribution in [-0.2, 0) is 6.54 Å². The van der Waals surface area contributed by atoms with Crippen LogP contribution < -0.4 is 15.8 Å². The quantitative estimate of drug-likeness (QED) is 0.583. The van der Waals surface area contributed by atoms with Gasteiger partial charge in [-0.2, -0.15) is 0 Å². The maximum Gasteiger partial charge on any atom is 0.189 e. The molecule has 1 aliphatic heterocycles. The van der Waals surface area contributed by atoms with Crippen molar-refractivity contribution in [3.63, 3.8) is 0 Å². The number of ether oxygens (including phenoxy) is 1. The number of nitrogens with zero attached hydrogens (tertiary/aromatic N) is 1. The van der Waals surface area contributed by atoms with Gasteiger partial charge in [-0.3, -0.25) is 10.7 Å². The summed E-state index contributed by atoms with van der Waals surface area (Å²) in [7, 11) is 1.68. The fourth-order valence-corrected chi connectivity index (χ4v) is 3.30. The van der Waals surface area contributed by atoms with Crippen LogP contribution in [0, 0.1) is 5.41 Å². The Hall–Kier alpha value is -1.75. The second kappa shape index (κ2) is 10.2. The highest BCUT2D eigenvalue weighted by atomic mass is 16.5. The molecular formula is C19H32N4O. The third-order valence-electron chi connectivity index (χ3n) is 4.76. The van der Waals surface area contributed by atoms with Gasteiger partial charge >= 0.3 is 0 Å². The van der Waals surface area contributed by atoms with Crippen LogP contribution in [0.3, 0.4) is 0 Å². The van der Waals surface area contributed by atoms with Crippen molar-refractivity contribution < 1.29 is 4.74 Å². The van der Waals surface area contributed by atoms with Crippen molar-refractivity contribution >= 4 is 5.96 Å². The minimum Gasteiger partial charge on any atom is -0.497 e. The number of nitrogens with one attached hydrogen (secondary N) is 2. The largest absolute Gasteiger partial charge is 0.497 e. The van der Waals surface area contributed by atoms with Gasteiger partial charge in [-0.05, 0) is 30.5 Å². The fraction of sp³-hybridized carbons (Fsp3) is 0.632. The Morgan fingerprint density at radius 3 is 2.38 bits per heavy atom. The van der Waals surface area contributed by atoms with Gasteiger partial charge in [0.05, 0.1) is 13.3 Å². The molecule has 134 valence electrons. The summed E-state index contributed by atoms with van der Waals surface area (Å²) in [4.78, 5) is 2.04. The van der Waals surface area contributed by atoms with E-state index in [-0.39, 0.29) is 12.1 Å². The van der Waals surface area contributed by atoms with E-state index in [1.165, 1.54) is 44.1 Å². The lowest BCUT2D eigenvalue weighted by molar-refractivity contribution is 0.235. The standard InChI is InChI=1S/C19H32N4O/c1-24-17-12-10-16(11-13-17)15-22-18-9-7-5-3-2-4-6-8-14-23(18)19(20)21/h10-13,18,22H,2-9,14-15H2,1H3,(H3,20,21). The van der Waals surface area contributed by atoms with Crippen LogP contribution in [-0.4, -0.2) is 30.7 Å². The number of nitrogens with two attached hydrogens (primary N) is 1. The summed E-state index contributed by atoms with van der Waals surface area (Å²) in [6.45, 7) is 1.65. The predicted octanol–water partition coefficient (Wildman–Crippen LogP) is 3.44. The van der Waals surface area contributed by atoms with E-state index in [2.05, 4.69) is 17.4 Å². The summed E-state index contributed by atoms with van der Waals surface area (Å²) in [6, 6.07) is 8.12. The second-order valence-electron chi connectivity index (χ2n) is 6.59. The van der Waals surface area contributed by atoms with Gasteiger partial charge in [-0.25, -0.2) is 0 Å². The molecule has 4 N–H and O–H groups in total. The first-order valence-electron chi connectivity index (χ1n) is 9.17. The van der Waals surface area contributed by atoms with E-state index in [1.54, 1.807) is 7.11 Å². The molecule has 1 aromatic rings. The first-order chi connectivity index (χ1) is 11.7. The van der Waals surface area contributed by atoms with Crippen molar-refractivity contribution in [3.05, 3.63) is 29.8 Å². The van der Waals surface area contributed by atoms with E-state index in [0.717, 1.165) is 31.7 Å². The molecule has 0 bridgehead atoms. The van der Waals surface area contributed by atoms with Gasteiger partial charge in [0.25, 0.3) is 0 Å². The van der Waals surface area contributed by atoms with Crippen molar-refractivity contribution in [1.82, 2.24) is 10.2 Å². The first kappa shape index (κ1) is 18.6. The monoisotopic (exact) mass is 332 g/mol.